The van der Waals surface area contributed by atoms with Crippen LogP contribution in [0.5, 0.6) is 0 Å². The smallest absolute Gasteiger partial charge is 0.251 e. The van der Waals surface area contributed by atoms with Crippen LogP contribution in [0.1, 0.15) is 75.9 Å². The predicted molar refractivity (Wildman–Crippen MR) is 150 cm³/mol. The standard InChI is InChI=1S/C28H40N8O5/c1-25(2,3)15-9-14(10-16(11-15)26(4,5)6)22(39)32-18-13-36-24(30)31-17(12-35-19(37)7-8-20(35)38)21-27(36,28(18,40)41)34-23(29)33-21/h9-11,17-18,21,40-41H,7-8,12-13H2,1-6H3,(H2,30,31)(H,32,39)(H3,29,33,34). The molecule has 3 amide bonds. The Morgan fingerprint density at radius 3 is 2.10 bits per heavy atom. The van der Waals surface area contributed by atoms with Gasteiger partial charge in [-0.1, -0.05) is 47.6 Å². The average molecular weight is 569 g/mol. The van der Waals surface area contributed by atoms with Gasteiger partial charge in [-0.15, -0.1) is 0 Å². The number of imide groups is 1. The summed E-state index contributed by atoms with van der Waals surface area (Å²) in [7, 11) is 0. The molecule has 4 fully saturated rings. The summed E-state index contributed by atoms with van der Waals surface area (Å²) in [5, 5.41) is 51.9. The second-order valence-electron chi connectivity index (χ2n) is 13.5. The molecule has 1 aromatic rings. The van der Waals surface area contributed by atoms with Crippen LogP contribution in [0.2, 0.25) is 0 Å². The van der Waals surface area contributed by atoms with E-state index in [-0.39, 0.29) is 60.5 Å². The van der Waals surface area contributed by atoms with E-state index in [4.69, 9.17) is 10.8 Å². The summed E-state index contributed by atoms with van der Waals surface area (Å²) in [6, 6.07) is 2.68. The van der Waals surface area contributed by atoms with Crippen molar-refractivity contribution in [1.29, 1.82) is 10.8 Å². The number of amides is 3. The zero-order valence-corrected chi connectivity index (χ0v) is 24.3. The van der Waals surface area contributed by atoms with Crippen molar-refractivity contribution >= 4 is 29.6 Å². The van der Waals surface area contributed by atoms with Crippen molar-refractivity contribution in [2.75, 3.05) is 13.1 Å². The van der Waals surface area contributed by atoms with Crippen molar-refractivity contribution in [2.24, 2.45) is 0 Å². The van der Waals surface area contributed by atoms with Crippen LogP contribution < -0.4 is 21.3 Å². The Morgan fingerprint density at radius 2 is 1.56 bits per heavy atom. The van der Waals surface area contributed by atoms with Gasteiger partial charge in [0.05, 0.1) is 18.6 Å². The average Bonchev–Trinajstić information content (AvgIpc) is 3.45. The zero-order valence-electron chi connectivity index (χ0n) is 24.3. The molecule has 41 heavy (non-hydrogen) atoms. The maximum atomic E-state index is 13.7. The highest BCUT2D eigenvalue weighted by Crippen LogP contribution is 2.43. The first-order valence-corrected chi connectivity index (χ1v) is 13.9. The maximum absolute atomic E-state index is 13.7. The molecule has 5 rings (SSSR count). The van der Waals surface area contributed by atoms with Gasteiger partial charge in [0.2, 0.25) is 17.6 Å². The fraction of sp³-hybridized carbons (Fsp3) is 0.607. The van der Waals surface area contributed by atoms with Gasteiger partial charge in [-0.2, -0.15) is 0 Å². The van der Waals surface area contributed by atoms with Crippen molar-refractivity contribution in [3.05, 3.63) is 34.9 Å². The molecule has 0 radical (unpaired) electrons. The molecule has 8 N–H and O–H groups in total. The van der Waals surface area contributed by atoms with Gasteiger partial charge in [-0.3, -0.25) is 30.1 Å². The molecule has 4 atom stereocenters. The molecular weight excluding hydrogens is 528 g/mol. The topological polar surface area (TPSA) is 194 Å². The molecule has 0 saturated carbocycles. The van der Waals surface area contributed by atoms with E-state index in [1.54, 1.807) is 12.1 Å². The van der Waals surface area contributed by atoms with Crippen molar-refractivity contribution in [1.82, 2.24) is 31.1 Å². The lowest BCUT2D eigenvalue weighted by Gasteiger charge is -2.51. The van der Waals surface area contributed by atoms with Crippen molar-refractivity contribution in [3.63, 3.8) is 0 Å². The first-order chi connectivity index (χ1) is 18.9. The molecule has 13 heteroatoms. The lowest BCUT2D eigenvalue weighted by atomic mass is 9.79. The Morgan fingerprint density at radius 1 is 1.00 bits per heavy atom. The maximum Gasteiger partial charge on any atom is 0.251 e. The number of nitrogens with zero attached hydrogens (tertiary/aromatic N) is 2. The third kappa shape index (κ3) is 4.51. The van der Waals surface area contributed by atoms with Crippen molar-refractivity contribution in [2.45, 2.75) is 94.8 Å². The highest BCUT2D eigenvalue weighted by Gasteiger charge is 2.74. The van der Waals surface area contributed by atoms with E-state index < -0.39 is 35.5 Å². The minimum atomic E-state index is -2.66. The zero-order chi connectivity index (χ0) is 30.3. The van der Waals surface area contributed by atoms with Crippen LogP contribution in [0.3, 0.4) is 0 Å². The number of hydrogen-bond acceptors (Lipinski definition) is 7. The summed E-state index contributed by atoms with van der Waals surface area (Å²) in [5.41, 5.74) is 0.00648. The second-order valence-corrected chi connectivity index (χ2v) is 13.5. The van der Waals surface area contributed by atoms with Gasteiger partial charge in [-0.05, 0) is 34.1 Å². The third-order valence-corrected chi connectivity index (χ3v) is 8.66. The molecule has 1 aromatic carbocycles. The van der Waals surface area contributed by atoms with E-state index in [1.807, 2.05) is 0 Å². The van der Waals surface area contributed by atoms with Crippen LogP contribution in [0.4, 0.5) is 0 Å². The molecule has 1 spiro atoms. The summed E-state index contributed by atoms with van der Waals surface area (Å²) < 4.78 is 0. The number of carbonyl (C=O) groups is 3. The van der Waals surface area contributed by atoms with Gasteiger partial charge >= 0.3 is 0 Å². The van der Waals surface area contributed by atoms with Crippen molar-refractivity contribution < 1.29 is 24.6 Å². The number of rotatable bonds is 4. The number of carbonyl (C=O) groups excluding carboxylic acids is 3. The van der Waals surface area contributed by atoms with Gasteiger partial charge in [-0.25, -0.2) is 0 Å². The Bertz CT molecular complexity index is 1300. The van der Waals surface area contributed by atoms with Crippen LogP contribution in [-0.2, 0) is 20.4 Å². The first kappa shape index (κ1) is 28.8. The molecule has 0 aliphatic carbocycles. The van der Waals surface area contributed by atoms with E-state index in [0.29, 0.717) is 5.56 Å². The molecule has 4 unspecified atom stereocenters. The largest absolute Gasteiger partial charge is 0.361 e. The monoisotopic (exact) mass is 568 g/mol. The lowest BCUT2D eigenvalue weighted by molar-refractivity contribution is -0.232. The van der Waals surface area contributed by atoms with Crippen LogP contribution in [0, 0.1) is 10.8 Å². The van der Waals surface area contributed by atoms with E-state index in [9.17, 15) is 24.6 Å². The van der Waals surface area contributed by atoms with E-state index >= 15 is 0 Å². The van der Waals surface area contributed by atoms with Gasteiger partial charge in [0.25, 0.3) is 5.91 Å². The number of benzene rings is 1. The molecule has 0 bridgehead atoms. The molecule has 222 valence electrons. The number of likely N-dealkylation sites (tertiary alicyclic amines) is 1. The summed E-state index contributed by atoms with van der Waals surface area (Å²) in [6.07, 6.45) is 0.190. The Labute approximate surface area is 239 Å². The fourth-order valence-corrected chi connectivity index (χ4v) is 6.22. The molecule has 4 saturated heterocycles. The highest BCUT2D eigenvalue weighted by atomic mass is 16.5. The van der Waals surface area contributed by atoms with Gasteiger partial charge < -0.3 is 36.4 Å². The second kappa shape index (κ2) is 9.15. The quantitative estimate of drug-likeness (QED) is 0.177. The SMILES string of the molecule is CC(C)(C)c1cc(C(=O)NC2CN3C(=N)NC(CN4C(=O)CCC4=O)C4NC(=N)NC43C2(O)O)cc(C(C)(C)C)c1. The third-order valence-electron chi connectivity index (χ3n) is 8.66. The lowest BCUT2D eigenvalue weighted by Crippen LogP contribution is -2.81. The van der Waals surface area contributed by atoms with Gasteiger partial charge in [0, 0.05) is 24.9 Å². The van der Waals surface area contributed by atoms with Crippen LogP contribution in [0.15, 0.2) is 18.2 Å². The van der Waals surface area contributed by atoms with Crippen LogP contribution in [-0.4, -0.2) is 92.3 Å². The Hall–Kier alpha value is -3.71. The predicted octanol–water partition coefficient (Wildman–Crippen LogP) is -0.375. The normalized spacial score (nSPS) is 29.1. The summed E-state index contributed by atoms with van der Waals surface area (Å²) in [5.74, 6) is -4.26. The van der Waals surface area contributed by atoms with Gasteiger partial charge in [0.1, 0.15) is 6.04 Å². The number of guanidine groups is 2. The number of nitrogens with one attached hydrogen (secondary N) is 6. The molecular formula is C28H40N8O5. The van der Waals surface area contributed by atoms with Gasteiger partial charge in [0.15, 0.2) is 17.6 Å². The molecule has 4 heterocycles. The van der Waals surface area contributed by atoms with Crippen molar-refractivity contribution in [3.8, 4) is 0 Å². The Kier molecular flexibility index (Phi) is 6.43. The minimum absolute atomic E-state index is 0.0951. The highest BCUT2D eigenvalue weighted by molar-refractivity contribution is 6.02. The number of hydrogen-bond donors (Lipinski definition) is 8. The fourth-order valence-electron chi connectivity index (χ4n) is 6.22. The van der Waals surface area contributed by atoms with Crippen LogP contribution in [0.25, 0.3) is 0 Å². The number of aliphatic hydroxyl groups is 2. The van der Waals surface area contributed by atoms with E-state index in [2.05, 4.69) is 68.9 Å². The molecule has 4 aliphatic rings. The first-order valence-electron chi connectivity index (χ1n) is 13.9. The summed E-state index contributed by atoms with van der Waals surface area (Å²) in [6.45, 7) is 12.1. The molecule has 0 aromatic heterocycles. The van der Waals surface area contributed by atoms with Crippen LogP contribution >= 0.6 is 0 Å². The molecule has 4 aliphatic heterocycles. The molecule has 13 nitrogen and oxygen atoms in total. The van der Waals surface area contributed by atoms with E-state index in [0.717, 1.165) is 16.0 Å². The minimum Gasteiger partial charge on any atom is -0.361 e. The Balaban J connectivity index is 1.47. The summed E-state index contributed by atoms with van der Waals surface area (Å²) >= 11 is 0. The van der Waals surface area contributed by atoms with E-state index in [1.165, 1.54) is 4.90 Å². The summed E-state index contributed by atoms with van der Waals surface area (Å²) in [4.78, 5) is 40.8.